The molecule has 0 spiro atoms. The van der Waals surface area contributed by atoms with E-state index in [9.17, 15) is 52.1 Å². The molecule has 7 atom stereocenters. The van der Waals surface area contributed by atoms with Crippen LogP contribution in [0.25, 0.3) is 0 Å². The molecular weight excluding hydrogens is 970 g/mol. The monoisotopic (exact) mass is 1050 g/mol. The van der Waals surface area contributed by atoms with Crippen molar-refractivity contribution in [3.8, 4) is 0 Å². The van der Waals surface area contributed by atoms with Gasteiger partial charge in [-0.15, -0.1) is 0 Å². The van der Waals surface area contributed by atoms with Crippen LogP contribution < -0.4 is 55.6 Å². The number of hydrogen-bond acceptors (Lipinski definition) is 12. The SMILES string of the molecule is CC[C@H](C)[C@H](NC(=O)[C@@H](C[C@H](O)[C@H](CC(C)C)NC(=O)[C@H](Cc1cnc[nH]1)N(C)C(=O)[C@H](Cc1ccccc1)NC(=O)CCCCCCC(=O)N(C)CCS(=O)(=O)[O-])C(C)C)C(=O)NCc1cccc[n+]1[O-].[Na+]. The van der Waals surface area contributed by atoms with Crippen LogP contribution in [0.5, 0.6) is 0 Å². The van der Waals surface area contributed by atoms with Gasteiger partial charge in [-0.25, -0.2) is 13.4 Å². The summed E-state index contributed by atoms with van der Waals surface area (Å²) in [6, 6.07) is 9.98. The quantitative estimate of drug-likeness (QED) is 0.0157. The molecule has 400 valence electrons. The average molecular weight is 1050 g/mol. The summed E-state index contributed by atoms with van der Waals surface area (Å²) < 4.78 is 33.4. The molecule has 2 aromatic heterocycles. The first-order valence-corrected chi connectivity index (χ1v) is 26.6. The number of likely N-dealkylation sites (N-methyl/N-ethyl adjacent to an activating group) is 1. The van der Waals surface area contributed by atoms with Crippen molar-refractivity contribution in [3.63, 3.8) is 0 Å². The van der Waals surface area contributed by atoms with E-state index in [1.54, 1.807) is 24.4 Å². The molecular formula is C51H78N9NaO11S. The van der Waals surface area contributed by atoms with Crippen LogP contribution in [0.4, 0.5) is 0 Å². The first kappa shape index (κ1) is 64.2. The Balaban J connectivity index is 0.0000183. The third-order valence-electron chi connectivity index (χ3n) is 12.9. The summed E-state index contributed by atoms with van der Waals surface area (Å²) in [5, 5.41) is 35.8. The van der Waals surface area contributed by atoms with Gasteiger partial charge in [-0.2, -0.15) is 4.73 Å². The van der Waals surface area contributed by atoms with Gasteiger partial charge in [0.05, 0.1) is 34.3 Å². The predicted octanol–water partition coefficient (Wildman–Crippen LogP) is -0.110. The van der Waals surface area contributed by atoms with E-state index in [4.69, 9.17) is 0 Å². The zero-order chi connectivity index (χ0) is 53.5. The minimum Gasteiger partial charge on any atom is -0.748 e. The molecule has 0 bridgehead atoms. The summed E-state index contributed by atoms with van der Waals surface area (Å²) in [6.07, 6.45) is 6.47. The number of nitrogens with one attached hydrogen (secondary N) is 5. The predicted molar refractivity (Wildman–Crippen MR) is 270 cm³/mol. The van der Waals surface area contributed by atoms with E-state index in [2.05, 4.69) is 31.2 Å². The largest absolute Gasteiger partial charge is 1.00 e. The van der Waals surface area contributed by atoms with Crippen molar-refractivity contribution >= 4 is 45.6 Å². The molecule has 73 heavy (non-hydrogen) atoms. The number of H-pyrrole nitrogens is 1. The van der Waals surface area contributed by atoms with Crippen molar-refractivity contribution in [2.45, 2.75) is 149 Å². The van der Waals surface area contributed by atoms with Gasteiger partial charge in [0.15, 0.2) is 6.20 Å². The standard InChI is InChI=1S/C51H79N9O11S.Na/c1-9-36(6)47(50(66)53-32-39-21-17-18-24-60(39)68)57-48(64)40(35(4)5)30-44(61)41(27-34(2)3)56-49(65)43(29-38-31-52-33-54-38)59(8)51(67)42(28-37-19-13-12-14-20-37)55-45(62)22-15-10-11-16-23-46(63)58(7)25-26-72(69,70)71;/h12-14,17-21,24,31,33-36,40-44,47,61H,9-11,15-16,22-23,25-30,32H2,1-8H3,(H,52,54)(H,53,66)(H,55,62)(H,56,65)(H,57,64)(H,69,70,71);/q;+1/p-1/t36-,40-,41-,42-,43-,44-,47-;/m0./s1. The maximum absolute atomic E-state index is 14.6. The Morgan fingerprint density at radius 2 is 1.49 bits per heavy atom. The van der Waals surface area contributed by atoms with Gasteiger partial charge in [0.25, 0.3) is 0 Å². The second kappa shape index (κ2) is 32.4. The molecule has 0 aliphatic heterocycles. The van der Waals surface area contributed by atoms with E-state index < -0.39 is 75.7 Å². The van der Waals surface area contributed by atoms with Crippen LogP contribution in [0.15, 0.2) is 67.3 Å². The Hall–Kier alpha value is -4.93. The molecule has 0 radical (unpaired) electrons. The maximum atomic E-state index is 14.6. The first-order chi connectivity index (χ1) is 34.0. The van der Waals surface area contributed by atoms with Crippen molar-refractivity contribution in [2.75, 3.05) is 26.4 Å². The summed E-state index contributed by atoms with van der Waals surface area (Å²) in [5.74, 6) is -4.70. The van der Waals surface area contributed by atoms with Gasteiger partial charge < -0.3 is 50.9 Å². The number of carbonyl (C=O) groups is 6. The maximum Gasteiger partial charge on any atom is 1.00 e. The molecule has 0 saturated carbocycles. The Kier molecular flexibility index (Phi) is 28.5. The van der Waals surface area contributed by atoms with Crippen LogP contribution in [0.3, 0.4) is 0 Å². The van der Waals surface area contributed by atoms with Crippen molar-refractivity contribution in [1.82, 2.24) is 41.0 Å². The number of benzene rings is 1. The van der Waals surface area contributed by atoms with Crippen LogP contribution in [0.1, 0.15) is 116 Å². The van der Waals surface area contributed by atoms with Gasteiger partial charge in [-0.3, -0.25) is 28.8 Å². The van der Waals surface area contributed by atoms with E-state index in [-0.39, 0.29) is 104 Å². The van der Waals surface area contributed by atoms with E-state index >= 15 is 0 Å². The van der Waals surface area contributed by atoms with Crippen LogP contribution >= 0.6 is 0 Å². The second-order valence-electron chi connectivity index (χ2n) is 19.6. The number of rotatable bonds is 32. The van der Waals surface area contributed by atoms with Crippen LogP contribution in [0, 0.1) is 28.9 Å². The molecule has 20 nitrogen and oxygen atoms in total. The third kappa shape index (κ3) is 23.0. The molecule has 0 unspecified atom stereocenters. The van der Waals surface area contributed by atoms with Gasteiger partial charge in [0.2, 0.25) is 41.1 Å². The Morgan fingerprint density at radius 3 is 2.08 bits per heavy atom. The zero-order valence-corrected chi connectivity index (χ0v) is 47.0. The number of unbranched alkanes of at least 4 members (excludes halogenated alkanes) is 3. The fourth-order valence-corrected chi connectivity index (χ4v) is 8.76. The van der Waals surface area contributed by atoms with E-state index in [0.717, 1.165) is 5.56 Å². The molecule has 0 saturated heterocycles. The Bertz CT molecular complexity index is 2290. The van der Waals surface area contributed by atoms with Crippen molar-refractivity contribution in [2.24, 2.45) is 23.7 Å². The number of hydrogen-bond donors (Lipinski definition) is 6. The van der Waals surface area contributed by atoms with Crippen molar-refractivity contribution in [3.05, 3.63) is 89.4 Å². The smallest absolute Gasteiger partial charge is 0.748 e. The third-order valence-corrected chi connectivity index (χ3v) is 13.6. The number of aliphatic hydroxyl groups excluding tert-OH is 1. The number of amides is 6. The molecule has 6 amide bonds. The molecule has 3 aromatic rings. The number of nitrogens with zero attached hydrogens (tertiary/aromatic N) is 4. The molecule has 2 heterocycles. The second-order valence-corrected chi connectivity index (χ2v) is 21.1. The molecule has 0 aliphatic carbocycles. The number of imidazole rings is 1. The molecule has 6 N–H and O–H groups in total. The summed E-state index contributed by atoms with van der Waals surface area (Å²) in [4.78, 5) is 92.3. The van der Waals surface area contributed by atoms with Crippen LogP contribution in [-0.4, -0.2) is 130 Å². The van der Waals surface area contributed by atoms with Gasteiger partial charge in [0.1, 0.15) is 24.7 Å². The fraction of sp³-hybridized carbons (Fsp3) is 0.608. The number of aromatic nitrogens is 3. The fourth-order valence-electron chi connectivity index (χ4n) is 8.26. The molecule has 3 rings (SSSR count). The molecule has 0 aliphatic rings. The minimum absolute atomic E-state index is 0. The summed E-state index contributed by atoms with van der Waals surface area (Å²) >= 11 is 0. The number of aliphatic hydroxyl groups is 1. The first-order valence-electron chi connectivity index (χ1n) is 25.0. The summed E-state index contributed by atoms with van der Waals surface area (Å²) in [7, 11) is -1.52. The number of aromatic amines is 1. The van der Waals surface area contributed by atoms with Gasteiger partial charge in [-0.05, 0) is 55.1 Å². The van der Waals surface area contributed by atoms with Gasteiger partial charge >= 0.3 is 29.6 Å². The number of pyridine rings is 1. The van der Waals surface area contributed by atoms with Crippen LogP contribution in [-0.2, 0) is 58.3 Å². The van der Waals surface area contributed by atoms with Gasteiger partial charge in [-0.1, -0.05) is 91.1 Å². The van der Waals surface area contributed by atoms with Gasteiger partial charge in [0, 0.05) is 76.3 Å². The molecule has 22 heteroatoms. The molecule has 1 aromatic carbocycles. The molecule has 0 fully saturated rings. The van der Waals surface area contributed by atoms with E-state index in [0.29, 0.717) is 54.6 Å². The minimum atomic E-state index is -4.44. The summed E-state index contributed by atoms with van der Waals surface area (Å²) in [5.41, 5.74) is 1.65. The normalized spacial score (nSPS) is 14.4. The summed E-state index contributed by atoms with van der Waals surface area (Å²) in [6.45, 7) is 11.1. The zero-order valence-electron chi connectivity index (χ0n) is 44.2. The number of carbonyl (C=O) groups excluding carboxylic acids is 6. The van der Waals surface area contributed by atoms with E-state index in [1.165, 1.54) is 36.4 Å². The Labute approximate surface area is 453 Å². The topological polar surface area (TPSA) is 290 Å². The van der Waals surface area contributed by atoms with E-state index in [1.807, 2.05) is 71.9 Å². The average Bonchev–Trinajstić information content (AvgIpc) is 3.86. The Morgan fingerprint density at radius 1 is 0.836 bits per heavy atom. The van der Waals surface area contributed by atoms with Crippen molar-refractivity contribution < 1.29 is 81.1 Å². The van der Waals surface area contributed by atoms with Crippen LogP contribution in [0.2, 0.25) is 0 Å². The van der Waals surface area contributed by atoms with Crippen molar-refractivity contribution in [1.29, 1.82) is 0 Å².